The molecular formula is C15H28N2O2. The highest BCUT2D eigenvalue weighted by atomic mass is 16.6. The number of amides is 1. The summed E-state index contributed by atoms with van der Waals surface area (Å²) in [7, 11) is 0. The fourth-order valence-corrected chi connectivity index (χ4v) is 2.84. The van der Waals surface area contributed by atoms with Crippen LogP contribution in [0.15, 0.2) is 0 Å². The first kappa shape index (κ1) is 14.6. The van der Waals surface area contributed by atoms with Crippen molar-refractivity contribution in [2.24, 2.45) is 5.92 Å². The molecule has 1 aliphatic heterocycles. The molecule has 1 saturated heterocycles. The van der Waals surface area contributed by atoms with Crippen LogP contribution in [0, 0.1) is 5.92 Å². The fraction of sp³-hybridized carbons (Fsp3) is 0.933. The first-order valence-electron chi connectivity index (χ1n) is 7.59. The molecule has 0 aromatic heterocycles. The number of hydrogen-bond acceptors (Lipinski definition) is 3. The van der Waals surface area contributed by atoms with E-state index in [2.05, 4.69) is 12.2 Å². The molecule has 1 amide bonds. The minimum absolute atomic E-state index is 0.173. The van der Waals surface area contributed by atoms with Gasteiger partial charge in [0.15, 0.2) is 0 Å². The summed E-state index contributed by atoms with van der Waals surface area (Å²) in [6, 6.07) is 1.01. The number of nitrogens with zero attached hydrogens (tertiary/aromatic N) is 1. The van der Waals surface area contributed by atoms with Crippen LogP contribution in [0.1, 0.15) is 53.4 Å². The quantitative estimate of drug-likeness (QED) is 0.855. The molecule has 2 rings (SSSR count). The van der Waals surface area contributed by atoms with Crippen LogP contribution in [0.5, 0.6) is 0 Å². The number of nitrogens with one attached hydrogen (secondary N) is 1. The third-order valence-electron chi connectivity index (χ3n) is 4.20. The predicted molar refractivity (Wildman–Crippen MR) is 76.2 cm³/mol. The SMILES string of the molecule is CC(NC1CCN(C(=O)OC(C)(C)C)C1)C1CCC1. The van der Waals surface area contributed by atoms with Gasteiger partial charge >= 0.3 is 6.09 Å². The van der Waals surface area contributed by atoms with Gasteiger partial charge in [-0.1, -0.05) is 6.42 Å². The number of carbonyl (C=O) groups is 1. The van der Waals surface area contributed by atoms with Crippen molar-refractivity contribution < 1.29 is 9.53 Å². The summed E-state index contributed by atoms with van der Waals surface area (Å²) in [4.78, 5) is 13.8. The summed E-state index contributed by atoms with van der Waals surface area (Å²) in [5, 5.41) is 3.68. The topological polar surface area (TPSA) is 41.6 Å². The van der Waals surface area contributed by atoms with E-state index < -0.39 is 5.60 Å². The normalized spacial score (nSPS) is 26.1. The van der Waals surface area contributed by atoms with Gasteiger partial charge in [0, 0.05) is 25.2 Å². The molecule has 0 radical (unpaired) electrons. The second-order valence-electron chi connectivity index (χ2n) is 7.06. The molecule has 2 unspecified atom stereocenters. The average molecular weight is 268 g/mol. The summed E-state index contributed by atoms with van der Waals surface area (Å²) < 4.78 is 5.41. The Morgan fingerprint density at radius 1 is 1.32 bits per heavy atom. The van der Waals surface area contributed by atoms with Crippen LogP contribution in [0.2, 0.25) is 0 Å². The Hall–Kier alpha value is -0.770. The average Bonchev–Trinajstić information content (AvgIpc) is 2.60. The second kappa shape index (κ2) is 5.70. The number of rotatable bonds is 3. The van der Waals surface area contributed by atoms with Crippen LogP contribution in [0.4, 0.5) is 4.79 Å². The molecule has 4 heteroatoms. The Kier molecular flexibility index (Phi) is 4.39. The van der Waals surface area contributed by atoms with E-state index in [0.717, 1.165) is 25.4 Å². The summed E-state index contributed by atoms with van der Waals surface area (Å²) in [6.07, 6.45) is 4.96. The summed E-state index contributed by atoms with van der Waals surface area (Å²) >= 11 is 0. The third-order valence-corrected chi connectivity index (χ3v) is 4.20. The molecule has 110 valence electrons. The molecule has 19 heavy (non-hydrogen) atoms. The van der Waals surface area contributed by atoms with Crippen molar-refractivity contribution in [3.05, 3.63) is 0 Å². The molecular weight excluding hydrogens is 240 g/mol. The van der Waals surface area contributed by atoms with Gasteiger partial charge in [0.25, 0.3) is 0 Å². The molecule has 1 heterocycles. The maximum absolute atomic E-state index is 12.0. The monoisotopic (exact) mass is 268 g/mol. The van der Waals surface area contributed by atoms with E-state index in [1.165, 1.54) is 19.3 Å². The van der Waals surface area contributed by atoms with Crippen LogP contribution in [0.25, 0.3) is 0 Å². The van der Waals surface area contributed by atoms with Gasteiger partial charge < -0.3 is 15.0 Å². The fourth-order valence-electron chi connectivity index (χ4n) is 2.84. The standard InChI is InChI=1S/C15H28N2O2/c1-11(12-6-5-7-12)16-13-8-9-17(10-13)14(18)19-15(2,3)4/h11-13,16H,5-10H2,1-4H3. The van der Waals surface area contributed by atoms with Crippen LogP contribution in [0.3, 0.4) is 0 Å². The van der Waals surface area contributed by atoms with Crippen molar-refractivity contribution in [3.8, 4) is 0 Å². The van der Waals surface area contributed by atoms with Gasteiger partial charge in [0.1, 0.15) is 5.60 Å². The number of carbonyl (C=O) groups excluding carboxylic acids is 1. The van der Waals surface area contributed by atoms with E-state index in [1.54, 1.807) is 0 Å². The van der Waals surface area contributed by atoms with Gasteiger partial charge in [-0.3, -0.25) is 0 Å². The van der Waals surface area contributed by atoms with Crippen LogP contribution >= 0.6 is 0 Å². The lowest BCUT2D eigenvalue weighted by molar-refractivity contribution is 0.0289. The Labute approximate surface area is 116 Å². The van der Waals surface area contributed by atoms with E-state index >= 15 is 0 Å². The molecule has 2 atom stereocenters. The molecule has 0 aromatic rings. The minimum atomic E-state index is -0.401. The molecule has 2 fully saturated rings. The van der Waals surface area contributed by atoms with E-state index in [1.807, 2.05) is 25.7 Å². The second-order valence-corrected chi connectivity index (χ2v) is 7.06. The largest absolute Gasteiger partial charge is 0.444 e. The molecule has 0 aromatic carbocycles. The van der Waals surface area contributed by atoms with Crippen molar-refractivity contribution in [3.63, 3.8) is 0 Å². The highest BCUT2D eigenvalue weighted by Crippen LogP contribution is 2.30. The van der Waals surface area contributed by atoms with Gasteiger partial charge in [-0.2, -0.15) is 0 Å². The van der Waals surface area contributed by atoms with E-state index in [-0.39, 0.29) is 6.09 Å². The van der Waals surface area contributed by atoms with Crippen molar-refractivity contribution >= 4 is 6.09 Å². The molecule has 1 aliphatic carbocycles. The van der Waals surface area contributed by atoms with Gasteiger partial charge in [-0.25, -0.2) is 4.79 Å². The first-order chi connectivity index (χ1) is 8.85. The summed E-state index contributed by atoms with van der Waals surface area (Å²) in [5.74, 6) is 0.843. The Morgan fingerprint density at radius 3 is 2.53 bits per heavy atom. The molecule has 1 saturated carbocycles. The molecule has 1 N–H and O–H groups in total. The highest BCUT2D eigenvalue weighted by molar-refractivity contribution is 5.68. The van der Waals surface area contributed by atoms with Gasteiger partial charge in [-0.15, -0.1) is 0 Å². The van der Waals surface area contributed by atoms with Crippen LogP contribution < -0.4 is 5.32 Å². The Bertz CT molecular complexity index is 321. The highest BCUT2D eigenvalue weighted by Gasteiger charge is 2.32. The van der Waals surface area contributed by atoms with Gasteiger partial charge in [0.05, 0.1) is 0 Å². The Morgan fingerprint density at radius 2 is 2.00 bits per heavy atom. The zero-order valence-electron chi connectivity index (χ0n) is 12.7. The Balaban J connectivity index is 1.74. The first-order valence-corrected chi connectivity index (χ1v) is 7.59. The molecule has 0 bridgehead atoms. The predicted octanol–water partition coefficient (Wildman–Crippen LogP) is 2.77. The van der Waals surface area contributed by atoms with Crippen molar-refractivity contribution in [2.75, 3.05) is 13.1 Å². The zero-order chi connectivity index (χ0) is 14.0. The summed E-state index contributed by atoms with van der Waals surface area (Å²) in [6.45, 7) is 9.61. The molecule has 2 aliphatic rings. The van der Waals surface area contributed by atoms with Crippen molar-refractivity contribution in [1.29, 1.82) is 0 Å². The van der Waals surface area contributed by atoms with E-state index in [4.69, 9.17) is 4.74 Å². The van der Waals surface area contributed by atoms with E-state index in [9.17, 15) is 4.79 Å². The summed E-state index contributed by atoms with van der Waals surface area (Å²) in [5.41, 5.74) is -0.401. The molecule has 4 nitrogen and oxygen atoms in total. The zero-order valence-corrected chi connectivity index (χ0v) is 12.7. The van der Waals surface area contributed by atoms with Gasteiger partial charge in [0.2, 0.25) is 0 Å². The van der Waals surface area contributed by atoms with Crippen LogP contribution in [-0.4, -0.2) is 41.8 Å². The number of likely N-dealkylation sites (tertiary alicyclic amines) is 1. The number of ether oxygens (including phenoxy) is 1. The van der Waals surface area contributed by atoms with E-state index in [0.29, 0.717) is 12.1 Å². The lowest BCUT2D eigenvalue weighted by Crippen LogP contribution is -2.45. The minimum Gasteiger partial charge on any atom is -0.444 e. The van der Waals surface area contributed by atoms with Gasteiger partial charge in [-0.05, 0) is 52.9 Å². The number of hydrogen-bond donors (Lipinski definition) is 1. The van der Waals surface area contributed by atoms with Crippen molar-refractivity contribution in [2.45, 2.75) is 71.1 Å². The molecule has 0 spiro atoms. The maximum atomic E-state index is 12.0. The lowest BCUT2D eigenvalue weighted by Gasteiger charge is -2.33. The third kappa shape index (κ3) is 4.10. The van der Waals surface area contributed by atoms with Crippen molar-refractivity contribution in [1.82, 2.24) is 10.2 Å². The van der Waals surface area contributed by atoms with Crippen LogP contribution in [-0.2, 0) is 4.74 Å². The smallest absolute Gasteiger partial charge is 0.410 e. The maximum Gasteiger partial charge on any atom is 0.410 e. The lowest BCUT2D eigenvalue weighted by atomic mass is 9.80.